The third-order valence-corrected chi connectivity index (χ3v) is 4.53. The number of aromatic nitrogens is 2. The molecule has 0 radical (unpaired) electrons. The van der Waals surface area contributed by atoms with Gasteiger partial charge in [0.25, 0.3) is 5.91 Å². The summed E-state index contributed by atoms with van der Waals surface area (Å²) in [5.74, 6) is 0.184. The predicted molar refractivity (Wildman–Crippen MR) is 105 cm³/mol. The molecule has 6 nitrogen and oxygen atoms in total. The van der Waals surface area contributed by atoms with Gasteiger partial charge in [-0.05, 0) is 56.1 Å². The first-order chi connectivity index (χ1) is 13.5. The van der Waals surface area contributed by atoms with Gasteiger partial charge in [-0.3, -0.25) is 9.36 Å². The van der Waals surface area contributed by atoms with Crippen molar-refractivity contribution in [1.82, 2.24) is 19.8 Å². The van der Waals surface area contributed by atoms with Gasteiger partial charge in [-0.25, -0.2) is 9.37 Å². The average Bonchev–Trinajstić information content (AvgIpc) is 3.18. The summed E-state index contributed by atoms with van der Waals surface area (Å²) >= 11 is 0. The Balaban J connectivity index is 1.75. The lowest BCUT2D eigenvalue weighted by atomic mass is 10.1. The molecule has 1 aromatic heterocycles. The number of methoxy groups -OCH3 is 1. The molecule has 7 heteroatoms. The van der Waals surface area contributed by atoms with Crippen molar-refractivity contribution in [3.8, 4) is 11.4 Å². The highest BCUT2D eigenvalue weighted by Crippen LogP contribution is 2.22. The maximum absolute atomic E-state index is 13.2. The van der Waals surface area contributed by atoms with Crippen LogP contribution < -0.4 is 10.1 Å². The van der Waals surface area contributed by atoms with Crippen molar-refractivity contribution in [3.63, 3.8) is 0 Å². The van der Waals surface area contributed by atoms with Crippen LogP contribution in [-0.2, 0) is 0 Å². The molecule has 28 heavy (non-hydrogen) atoms. The highest BCUT2D eigenvalue weighted by atomic mass is 19.1. The van der Waals surface area contributed by atoms with Crippen LogP contribution in [0, 0.1) is 5.82 Å². The second kappa shape index (κ2) is 8.67. The molecule has 0 aliphatic carbocycles. The van der Waals surface area contributed by atoms with E-state index in [1.807, 2.05) is 43.3 Å². The van der Waals surface area contributed by atoms with E-state index in [1.165, 1.54) is 24.7 Å². The first-order valence-electron chi connectivity index (χ1n) is 8.86. The number of hydrogen-bond donors (Lipinski definition) is 1. The number of halogens is 1. The molecule has 3 rings (SSSR count). The molecule has 1 amide bonds. The third kappa shape index (κ3) is 4.37. The number of imidazole rings is 1. The number of amides is 1. The minimum absolute atomic E-state index is 0.0266. The molecule has 0 unspecified atom stereocenters. The number of ether oxygens (including phenoxy) is 1. The van der Waals surface area contributed by atoms with Crippen LogP contribution in [0.15, 0.2) is 61.1 Å². The number of rotatable bonds is 7. The molecule has 0 aliphatic rings. The van der Waals surface area contributed by atoms with E-state index in [4.69, 9.17) is 4.74 Å². The largest absolute Gasteiger partial charge is 0.497 e. The Kier molecular flexibility index (Phi) is 6.06. The molecule has 0 spiro atoms. The monoisotopic (exact) mass is 382 g/mol. The topological polar surface area (TPSA) is 59.4 Å². The van der Waals surface area contributed by atoms with Gasteiger partial charge < -0.3 is 15.0 Å². The third-order valence-electron chi connectivity index (χ3n) is 4.53. The van der Waals surface area contributed by atoms with Crippen LogP contribution in [0.3, 0.4) is 0 Å². The lowest BCUT2D eigenvalue weighted by molar-refractivity contribution is 0.0935. The van der Waals surface area contributed by atoms with E-state index in [1.54, 1.807) is 23.8 Å². The van der Waals surface area contributed by atoms with Gasteiger partial charge in [-0.1, -0.05) is 12.1 Å². The minimum atomic E-state index is -0.331. The van der Waals surface area contributed by atoms with E-state index in [9.17, 15) is 9.18 Å². The summed E-state index contributed by atoms with van der Waals surface area (Å²) in [5, 5.41) is 2.97. The van der Waals surface area contributed by atoms with Crippen LogP contribution in [0.1, 0.15) is 22.1 Å². The molecule has 0 saturated heterocycles. The molecule has 0 aliphatic heterocycles. The second-order valence-corrected chi connectivity index (χ2v) is 6.59. The Hall–Kier alpha value is -3.19. The number of carbonyl (C=O) groups is 1. The quantitative estimate of drug-likeness (QED) is 0.682. The van der Waals surface area contributed by atoms with Crippen molar-refractivity contribution in [2.45, 2.75) is 6.04 Å². The predicted octanol–water partition coefficient (Wildman–Crippen LogP) is 3.05. The van der Waals surface area contributed by atoms with Gasteiger partial charge in [0.2, 0.25) is 0 Å². The molecule has 0 saturated carbocycles. The van der Waals surface area contributed by atoms with Crippen LogP contribution in [0.25, 0.3) is 5.69 Å². The number of likely N-dealkylation sites (N-methyl/N-ethyl adjacent to an activating group) is 1. The number of nitrogens with zero attached hydrogens (tertiary/aromatic N) is 3. The molecule has 2 aromatic carbocycles. The van der Waals surface area contributed by atoms with Crippen LogP contribution in [-0.4, -0.2) is 48.1 Å². The highest BCUT2D eigenvalue weighted by Gasteiger charge is 2.18. The van der Waals surface area contributed by atoms with Gasteiger partial charge >= 0.3 is 0 Å². The number of carbonyl (C=O) groups excluding carboxylic acids is 1. The van der Waals surface area contributed by atoms with E-state index < -0.39 is 0 Å². The number of hydrogen-bond acceptors (Lipinski definition) is 4. The van der Waals surface area contributed by atoms with E-state index in [-0.39, 0.29) is 17.8 Å². The SMILES string of the molecule is COc1cccc([C@H](CNC(=O)c2cncn2-c2ccc(F)cc2)N(C)C)c1. The number of benzene rings is 2. The number of nitrogens with one attached hydrogen (secondary N) is 1. The fourth-order valence-corrected chi connectivity index (χ4v) is 3.00. The van der Waals surface area contributed by atoms with E-state index >= 15 is 0 Å². The second-order valence-electron chi connectivity index (χ2n) is 6.59. The van der Waals surface area contributed by atoms with Crippen molar-refractivity contribution in [2.75, 3.05) is 27.7 Å². The maximum Gasteiger partial charge on any atom is 0.269 e. The Morgan fingerprint density at radius 3 is 2.68 bits per heavy atom. The van der Waals surface area contributed by atoms with Crippen LogP contribution in [0.5, 0.6) is 5.75 Å². The van der Waals surface area contributed by atoms with Gasteiger partial charge in [0.05, 0.1) is 25.7 Å². The summed E-state index contributed by atoms with van der Waals surface area (Å²) in [4.78, 5) is 18.9. The van der Waals surface area contributed by atoms with E-state index in [0.717, 1.165) is 11.3 Å². The Bertz CT molecular complexity index is 938. The minimum Gasteiger partial charge on any atom is -0.497 e. The van der Waals surface area contributed by atoms with Crippen LogP contribution >= 0.6 is 0 Å². The molecule has 1 heterocycles. The summed E-state index contributed by atoms with van der Waals surface area (Å²) in [6, 6.07) is 13.7. The van der Waals surface area contributed by atoms with Gasteiger partial charge in [0.15, 0.2) is 0 Å². The first kappa shape index (κ1) is 19.6. The summed E-state index contributed by atoms with van der Waals surface area (Å²) < 4.78 is 20.1. The highest BCUT2D eigenvalue weighted by molar-refractivity contribution is 5.93. The molecular formula is C21H23FN4O2. The summed E-state index contributed by atoms with van der Waals surface area (Å²) in [7, 11) is 5.54. The molecule has 0 bridgehead atoms. The zero-order valence-corrected chi connectivity index (χ0v) is 16.1. The summed E-state index contributed by atoms with van der Waals surface area (Å²) in [5.41, 5.74) is 2.09. The molecule has 1 atom stereocenters. The van der Waals surface area contributed by atoms with Crippen LogP contribution in [0.2, 0.25) is 0 Å². The lowest BCUT2D eigenvalue weighted by Gasteiger charge is -2.25. The Labute approximate surface area is 163 Å². The van der Waals surface area contributed by atoms with Crippen molar-refractivity contribution >= 4 is 5.91 Å². The maximum atomic E-state index is 13.2. The Morgan fingerprint density at radius 2 is 2.00 bits per heavy atom. The van der Waals surface area contributed by atoms with Gasteiger partial charge in [0.1, 0.15) is 17.3 Å². The molecular weight excluding hydrogens is 359 g/mol. The lowest BCUT2D eigenvalue weighted by Crippen LogP contribution is -2.35. The van der Waals surface area contributed by atoms with Crippen molar-refractivity contribution in [1.29, 1.82) is 0 Å². The molecule has 0 fully saturated rings. The van der Waals surface area contributed by atoms with E-state index in [0.29, 0.717) is 17.9 Å². The standard InChI is InChI=1S/C21H23FN4O2/c1-25(2)19(15-5-4-6-18(11-15)28-3)13-24-21(27)20-12-23-14-26(20)17-9-7-16(22)8-10-17/h4-12,14,19H,13H2,1-3H3,(H,24,27)/t19-/m0/s1. The molecule has 146 valence electrons. The van der Waals surface area contributed by atoms with Gasteiger partial charge in [-0.15, -0.1) is 0 Å². The molecule has 1 N–H and O–H groups in total. The van der Waals surface area contributed by atoms with Gasteiger partial charge in [0, 0.05) is 12.2 Å². The fraction of sp³-hybridized carbons (Fsp3) is 0.238. The zero-order valence-electron chi connectivity index (χ0n) is 16.1. The summed E-state index contributed by atoms with van der Waals surface area (Å²) in [6.45, 7) is 0.410. The summed E-state index contributed by atoms with van der Waals surface area (Å²) in [6.07, 6.45) is 3.03. The smallest absolute Gasteiger partial charge is 0.269 e. The van der Waals surface area contributed by atoms with Crippen LogP contribution in [0.4, 0.5) is 4.39 Å². The van der Waals surface area contributed by atoms with Crippen molar-refractivity contribution in [3.05, 3.63) is 78.1 Å². The van der Waals surface area contributed by atoms with Gasteiger partial charge in [-0.2, -0.15) is 0 Å². The normalized spacial score (nSPS) is 12.0. The van der Waals surface area contributed by atoms with E-state index in [2.05, 4.69) is 10.3 Å². The Morgan fingerprint density at radius 1 is 1.25 bits per heavy atom. The van der Waals surface area contributed by atoms with Crippen molar-refractivity contribution < 1.29 is 13.9 Å². The zero-order chi connectivity index (χ0) is 20.1. The average molecular weight is 382 g/mol. The van der Waals surface area contributed by atoms with Crippen molar-refractivity contribution in [2.24, 2.45) is 0 Å². The fourth-order valence-electron chi connectivity index (χ4n) is 3.00. The molecule has 3 aromatic rings. The first-order valence-corrected chi connectivity index (χ1v) is 8.86.